The molecule has 94 valence electrons. The molecule has 2 aromatic carbocycles. The zero-order valence-electron chi connectivity index (χ0n) is 10.6. The Morgan fingerprint density at radius 1 is 1.00 bits per heavy atom. The van der Waals surface area contributed by atoms with Gasteiger partial charge < -0.3 is 0 Å². The molecule has 0 aliphatic heterocycles. The maximum absolute atomic E-state index is 13.3. The Bertz CT molecular complexity index is 532. The van der Waals surface area contributed by atoms with Crippen LogP contribution in [0.5, 0.6) is 0 Å². The number of benzene rings is 2. The van der Waals surface area contributed by atoms with E-state index in [0.29, 0.717) is 0 Å². The molecule has 1 atom stereocenters. The standard InChI is InChI=1S/C15H17FN2/c1-10-6-11(2)8-13(7-10)15(18-17)12-4-3-5-14(16)9-12/h3-9,15,18H,17H2,1-2H3. The molecule has 0 amide bonds. The summed E-state index contributed by atoms with van der Waals surface area (Å²) in [6, 6.07) is 12.5. The lowest BCUT2D eigenvalue weighted by Gasteiger charge is -2.18. The second kappa shape index (κ2) is 5.29. The minimum Gasteiger partial charge on any atom is -0.271 e. The van der Waals surface area contributed by atoms with Crippen molar-refractivity contribution in [2.45, 2.75) is 19.9 Å². The van der Waals surface area contributed by atoms with Crippen molar-refractivity contribution in [2.24, 2.45) is 5.84 Å². The van der Waals surface area contributed by atoms with Gasteiger partial charge >= 0.3 is 0 Å². The lowest BCUT2D eigenvalue weighted by Crippen LogP contribution is -2.29. The molecule has 2 nitrogen and oxygen atoms in total. The second-order valence-corrected chi connectivity index (χ2v) is 4.58. The molecule has 18 heavy (non-hydrogen) atoms. The SMILES string of the molecule is Cc1cc(C)cc(C(NN)c2cccc(F)c2)c1. The number of hydrogen-bond acceptors (Lipinski definition) is 2. The van der Waals surface area contributed by atoms with E-state index in [1.54, 1.807) is 6.07 Å². The van der Waals surface area contributed by atoms with Crippen molar-refractivity contribution in [3.8, 4) is 0 Å². The molecule has 0 bridgehead atoms. The van der Waals surface area contributed by atoms with Gasteiger partial charge in [0, 0.05) is 0 Å². The van der Waals surface area contributed by atoms with Crippen molar-refractivity contribution in [3.05, 3.63) is 70.5 Å². The highest BCUT2D eigenvalue weighted by atomic mass is 19.1. The molecule has 0 aromatic heterocycles. The van der Waals surface area contributed by atoms with Crippen LogP contribution in [0.15, 0.2) is 42.5 Å². The fourth-order valence-electron chi connectivity index (χ4n) is 2.25. The third-order valence-electron chi connectivity index (χ3n) is 2.93. The van der Waals surface area contributed by atoms with Crippen LogP contribution in [0.3, 0.4) is 0 Å². The molecule has 2 rings (SSSR count). The molecule has 0 radical (unpaired) electrons. The highest BCUT2D eigenvalue weighted by molar-refractivity contribution is 5.36. The van der Waals surface area contributed by atoms with Gasteiger partial charge in [-0.1, -0.05) is 41.5 Å². The largest absolute Gasteiger partial charge is 0.271 e. The van der Waals surface area contributed by atoms with Crippen molar-refractivity contribution in [1.29, 1.82) is 0 Å². The molecule has 0 heterocycles. The van der Waals surface area contributed by atoms with E-state index in [1.807, 2.05) is 19.9 Å². The fraction of sp³-hybridized carbons (Fsp3) is 0.200. The summed E-state index contributed by atoms with van der Waals surface area (Å²) < 4.78 is 13.3. The van der Waals surface area contributed by atoms with Gasteiger partial charge in [0.1, 0.15) is 5.82 Å². The number of nitrogens with one attached hydrogen (secondary N) is 1. The summed E-state index contributed by atoms with van der Waals surface area (Å²) in [5, 5.41) is 0. The van der Waals surface area contributed by atoms with Crippen molar-refractivity contribution >= 4 is 0 Å². The van der Waals surface area contributed by atoms with Crippen LogP contribution < -0.4 is 11.3 Å². The predicted octanol–water partition coefficient (Wildman–Crippen LogP) is 3.00. The quantitative estimate of drug-likeness (QED) is 0.643. The molecule has 2 aromatic rings. The van der Waals surface area contributed by atoms with Crippen LogP contribution in [0.4, 0.5) is 4.39 Å². The highest BCUT2D eigenvalue weighted by Crippen LogP contribution is 2.23. The summed E-state index contributed by atoms with van der Waals surface area (Å²) in [5.41, 5.74) is 6.95. The lowest BCUT2D eigenvalue weighted by atomic mass is 9.96. The van der Waals surface area contributed by atoms with Crippen LogP contribution in [-0.4, -0.2) is 0 Å². The van der Waals surface area contributed by atoms with Crippen LogP contribution in [0.25, 0.3) is 0 Å². The molecule has 0 aliphatic rings. The van der Waals surface area contributed by atoms with E-state index in [1.165, 1.54) is 23.3 Å². The zero-order valence-corrected chi connectivity index (χ0v) is 10.6. The van der Waals surface area contributed by atoms with Gasteiger partial charge in [0.05, 0.1) is 6.04 Å². The van der Waals surface area contributed by atoms with Crippen molar-refractivity contribution in [1.82, 2.24) is 5.43 Å². The summed E-state index contributed by atoms with van der Waals surface area (Å²) in [6.07, 6.45) is 0. The first-order valence-corrected chi connectivity index (χ1v) is 5.90. The minimum absolute atomic E-state index is 0.195. The van der Waals surface area contributed by atoms with Gasteiger partial charge in [-0.3, -0.25) is 5.84 Å². The Morgan fingerprint density at radius 2 is 1.67 bits per heavy atom. The number of hydrogen-bond donors (Lipinski definition) is 2. The van der Waals surface area contributed by atoms with E-state index in [0.717, 1.165) is 11.1 Å². The zero-order chi connectivity index (χ0) is 13.1. The molecule has 0 saturated heterocycles. The van der Waals surface area contributed by atoms with E-state index < -0.39 is 0 Å². The third-order valence-corrected chi connectivity index (χ3v) is 2.93. The average Bonchev–Trinajstić information content (AvgIpc) is 2.28. The first kappa shape index (κ1) is 12.7. The molecule has 0 saturated carbocycles. The Hall–Kier alpha value is -1.71. The Kier molecular flexibility index (Phi) is 3.75. The average molecular weight is 244 g/mol. The number of hydrazine groups is 1. The summed E-state index contributed by atoms with van der Waals surface area (Å²) >= 11 is 0. The molecule has 0 aliphatic carbocycles. The molecule has 0 spiro atoms. The Balaban J connectivity index is 2.45. The fourth-order valence-corrected chi connectivity index (χ4v) is 2.25. The lowest BCUT2D eigenvalue weighted by molar-refractivity contribution is 0.605. The number of halogens is 1. The van der Waals surface area contributed by atoms with Crippen molar-refractivity contribution in [2.75, 3.05) is 0 Å². The number of aryl methyl sites for hydroxylation is 2. The van der Waals surface area contributed by atoms with E-state index in [-0.39, 0.29) is 11.9 Å². The highest BCUT2D eigenvalue weighted by Gasteiger charge is 2.13. The summed E-state index contributed by atoms with van der Waals surface area (Å²) in [6.45, 7) is 4.07. The number of nitrogens with two attached hydrogens (primary N) is 1. The normalized spacial score (nSPS) is 12.4. The number of rotatable bonds is 3. The van der Waals surface area contributed by atoms with Gasteiger partial charge in [0.15, 0.2) is 0 Å². The van der Waals surface area contributed by atoms with Crippen LogP contribution in [0.1, 0.15) is 28.3 Å². The van der Waals surface area contributed by atoms with E-state index in [2.05, 4.69) is 23.6 Å². The molecular weight excluding hydrogens is 227 g/mol. The molecule has 0 fully saturated rings. The van der Waals surface area contributed by atoms with E-state index in [4.69, 9.17) is 5.84 Å². The third kappa shape index (κ3) is 2.75. The first-order valence-electron chi connectivity index (χ1n) is 5.90. The summed E-state index contributed by atoms with van der Waals surface area (Å²) in [7, 11) is 0. The minimum atomic E-state index is -0.253. The second-order valence-electron chi connectivity index (χ2n) is 4.58. The van der Waals surface area contributed by atoms with Gasteiger partial charge in [-0.2, -0.15) is 0 Å². The summed E-state index contributed by atoms with van der Waals surface area (Å²) in [4.78, 5) is 0. The Labute approximate surface area is 107 Å². The van der Waals surface area contributed by atoms with Crippen LogP contribution in [-0.2, 0) is 0 Å². The topological polar surface area (TPSA) is 38.0 Å². The summed E-state index contributed by atoms with van der Waals surface area (Å²) in [5.74, 6) is 5.36. The molecular formula is C15H17FN2. The van der Waals surface area contributed by atoms with Gasteiger partial charge in [-0.05, 0) is 37.1 Å². The van der Waals surface area contributed by atoms with Crippen LogP contribution in [0.2, 0.25) is 0 Å². The predicted molar refractivity (Wildman–Crippen MR) is 71.5 cm³/mol. The maximum Gasteiger partial charge on any atom is 0.123 e. The van der Waals surface area contributed by atoms with Gasteiger partial charge in [0.25, 0.3) is 0 Å². The first-order chi connectivity index (χ1) is 8.60. The van der Waals surface area contributed by atoms with E-state index in [9.17, 15) is 4.39 Å². The van der Waals surface area contributed by atoms with Crippen molar-refractivity contribution in [3.63, 3.8) is 0 Å². The smallest absolute Gasteiger partial charge is 0.123 e. The van der Waals surface area contributed by atoms with Gasteiger partial charge in [0.2, 0.25) is 0 Å². The molecule has 3 N–H and O–H groups in total. The van der Waals surface area contributed by atoms with Gasteiger partial charge in [-0.25, -0.2) is 9.82 Å². The van der Waals surface area contributed by atoms with Crippen LogP contribution >= 0.6 is 0 Å². The molecule has 1 unspecified atom stereocenters. The van der Waals surface area contributed by atoms with E-state index >= 15 is 0 Å². The molecule has 3 heteroatoms. The maximum atomic E-state index is 13.3. The monoisotopic (exact) mass is 244 g/mol. The van der Waals surface area contributed by atoms with Gasteiger partial charge in [-0.15, -0.1) is 0 Å². The van der Waals surface area contributed by atoms with Crippen LogP contribution in [0, 0.1) is 19.7 Å². The Morgan fingerprint density at radius 3 is 2.22 bits per heavy atom. The van der Waals surface area contributed by atoms with Crippen molar-refractivity contribution < 1.29 is 4.39 Å².